The van der Waals surface area contributed by atoms with Crippen LogP contribution in [0, 0.1) is 11.6 Å². The first-order valence-corrected chi connectivity index (χ1v) is 9.40. The molecular weight excluding hydrogens is 403 g/mol. The van der Waals surface area contributed by atoms with Crippen LogP contribution in [0.1, 0.15) is 45.3 Å². The Hall–Kier alpha value is -3.30. The number of halogens is 3. The Morgan fingerprint density at radius 1 is 1.27 bits per heavy atom. The zero-order valence-electron chi connectivity index (χ0n) is 15.7. The normalized spacial score (nSPS) is 20.5. The number of hydrogen-bond donors (Lipinski definition) is 2. The topological polar surface area (TPSA) is 91.6 Å². The monoisotopic (exact) mass is 421 g/mol. The van der Waals surface area contributed by atoms with Gasteiger partial charge in [-0.25, -0.2) is 13.2 Å². The highest BCUT2D eigenvalue weighted by Crippen LogP contribution is 2.32. The van der Waals surface area contributed by atoms with Crippen molar-refractivity contribution in [3.8, 4) is 5.75 Å². The highest BCUT2D eigenvalue weighted by atomic mass is 19.1. The lowest BCUT2D eigenvalue weighted by atomic mass is 10.0. The smallest absolute Gasteiger partial charge is 0.274 e. The van der Waals surface area contributed by atoms with Gasteiger partial charge < -0.3 is 19.9 Å². The van der Waals surface area contributed by atoms with Gasteiger partial charge >= 0.3 is 0 Å². The number of nitrogens with zero attached hydrogens (tertiary/aromatic N) is 2. The summed E-state index contributed by atoms with van der Waals surface area (Å²) in [7, 11) is 0. The van der Waals surface area contributed by atoms with Crippen molar-refractivity contribution in [2.24, 2.45) is 0 Å². The summed E-state index contributed by atoms with van der Waals surface area (Å²) in [4.78, 5) is 39.1. The van der Waals surface area contributed by atoms with E-state index in [1.165, 1.54) is 9.47 Å². The molecule has 2 aliphatic rings. The summed E-state index contributed by atoms with van der Waals surface area (Å²) in [5.41, 5.74) is -1.78. The standard InChI is InChI=1S/C20H18F3N3O4/c21-11-2-1-10(15(23)6-11)7-24-19(29)14-9-26-13-5-12(22)3-4-25(8-13)20(30)16(26)18(28)17(14)27/h1-2,6,9,12-13,28H,3-5,7-8H2,(H,24,29)/t12-,13-/m1/s1. The summed E-state index contributed by atoms with van der Waals surface area (Å²) in [6, 6.07) is 2.31. The van der Waals surface area contributed by atoms with Crippen LogP contribution in [0.3, 0.4) is 0 Å². The SMILES string of the molecule is O=C(NCc1ccc(F)cc1F)c1cn2c(c(O)c1=O)C(=O)N1CC[C@@H](F)C[C@@H]2C1. The van der Waals surface area contributed by atoms with Gasteiger partial charge in [0.05, 0.1) is 6.04 Å². The largest absolute Gasteiger partial charge is 0.503 e. The lowest BCUT2D eigenvalue weighted by Crippen LogP contribution is -2.44. The van der Waals surface area contributed by atoms with Crippen molar-refractivity contribution in [3.05, 3.63) is 63.1 Å². The average Bonchev–Trinajstić information content (AvgIpc) is 2.87. The molecule has 158 valence electrons. The molecule has 0 saturated carbocycles. The number of aromatic nitrogens is 1. The summed E-state index contributed by atoms with van der Waals surface area (Å²) in [5, 5.41) is 12.7. The van der Waals surface area contributed by atoms with Crippen molar-refractivity contribution in [1.82, 2.24) is 14.8 Å². The van der Waals surface area contributed by atoms with Crippen molar-refractivity contribution >= 4 is 11.8 Å². The maximum Gasteiger partial charge on any atom is 0.274 e. The Bertz CT molecular complexity index is 1100. The van der Waals surface area contributed by atoms with Gasteiger partial charge in [-0.05, 0) is 12.5 Å². The van der Waals surface area contributed by atoms with E-state index in [-0.39, 0.29) is 43.7 Å². The predicted octanol–water partition coefficient (Wildman–Crippen LogP) is 1.89. The third-order valence-corrected chi connectivity index (χ3v) is 5.46. The summed E-state index contributed by atoms with van der Waals surface area (Å²) in [6.07, 6.45) is 0.185. The summed E-state index contributed by atoms with van der Waals surface area (Å²) in [5.74, 6) is -4.02. The number of pyridine rings is 1. The first kappa shape index (κ1) is 20.0. The van der Waals surface area contributed by atoms with Crippen molar-refractivity contribution in [3.63, 3.8) is 0 Å². The Morgan fingerprint density at radius 2 is 2.03 bits per heavy atom. The second-order valence-corrected chi connectivity index (χ2v) is 7.42. The minimum absolute atomic E-state index is 0.00175. The second kappa shape index (κ2) is 7.51. The van der Waals surface area contributed by atoms with Crippen LogP contribution < -0.4 is 10.7 Å². The zero-order valence-corrected chi connectivity index (χ0v) is 15.7. The molecule has 2 amide bonds. The first-order chi connectivity index (χ1) is 14.3. The molecule has 0 radical (unpaired) electrons. The van der Waals surface area contributed by atoms with E-state index in [0.29, 0.717) is 6.07 Å². The molecule has 1 saturated heterocycles. The Morgan fingerprint density at radius 3 is 2.77 bits per heavy atom. The molecule has 2 aliphatic heterocycles. The van der Waals surface area contributed by atoms with Gasteiger partial charge in [0.1, 0.15) is 23.4 Å². The number of carbonyl (C=O) groups is 2. The van der Waals surface area contributed by atoms with Crippen molar-refractivity contribution in [1.29, 1.82) is 0 Å². The molecule has 3 heterocycles. The number of alkyl halides is 1. The molecule has 1 aromatic carbocycles. The fourth-order valence-electron chi connectivity index (χ4n) is 3.88. The fourth-order valence-corrected chi connectivity index (χ4v) is 3.88. The van der Waals surface area contributed by atoms with E-state index in [2.05, 4.69) is 5.32 Å². The molecule has 1 fully saturated rings. The molecule has 7 nitrogen and oxygen atoms in total. The molecule has 2 atom stereocenters. The molecule has 1 aromatic heterocycles. The second-order valence-electron chi connectivity index (χ2n) is 7.42. The van der Waals surface area contributed by atoms with Crippen molar-refractivity contribution < 1.29 is 27.9 Å². The van der Waals surface area contributed by atoms with Crippen LogP contribution in [0.5, 0.6) is 5.75 Å². The van der Waals surface area contributed by atoms with Gasteiger partial charge in [-0.3, -0.25) is 14.4 Å². The maximum absolute atomic E-state index is 14.1. The van der Waals surface area contributed by atoms with Crippen LogP contribution in [0.15, 0.2) is 29.2 Å². The van der Waals surface area contributed by atoms with Gasteiger partial charge in [0.2, 0.25) is 5.43 Å². The Labute approximate surface area is 168 Å². The molecule has 0 unspecified atom stereocenters. The summed E-state index contributed by atoms with van der Waals surface area (Å²) < 4.78 is 42.1. The lowest BCUT2D eigenvalue weighted by Gasteiger charge is -2.34. The van der Waals surface area contributed by atoms with Crippen LogP contribution in [0.4, 0.5) is 13.2 Å². The third kappa shape index (κ3) is 3.42. The minimum atomic E-state index is -1.17. The van der Waals surface area contributed by atoms with Crippen LogP contribution in [0.25, 0.3) is 0 Å². The molecule has 4 rings (SSSR count). The molecule has 0 spiro atoms. The van der Waals surface area contributed by atoms with Crippen molar-refractivity contribution in [2.45, 2.75) is 31.6 Å². The van der Waals surface area contributed by atoms with E-state index in [1.54, 1.807) is 0 Å². The van der Waals surface area contributed by atoms with Gasteiger partial charge in [-0.1, -0.05) is 6.07 Å². The highest BCUT2D eigenvalue weighted by Gasteiger charge is 2.38. The fraction of sp³-hybridized carbons (Fsp3) is 0.350. The van der Waals surface area contributed by atoms with Gasteiger partial charge in [0.25, 0.3) is 11.8 Å². The Kier molecular flexibility index (Phi) is 5.00. The van der Waals surface area contributed by atoms with Gasteiger partial charge in [0, 0.05) is 43.9 Å². The summed E-state index contributed by atoms with van der Waals surface area (Å²) in [6.45, 7) is 0.0571. The molecular formula is C20H18F3N3O4. The van der Waals surface area contributed by atoms with E-state index < -0.39 is 52.4 Å². The number of carbonyl (C=O) groups excluding carboxylic acids is 2. The first-order valence-electron chi connectivity index (χ1n) is 9.40. The van der Waals surface area contributed by atoms with E-state index in [4.69, 9.17) is 0 Å². The predicted molar refractivity (Wildman–Crippen MR) is 99.0 cm³/mol. The molecule has 2 bridgehead atoms. The molecule has 10 heteroatoms. The highest BCUT2D eigenvalue weighted by molar-refractivity contribution is 5.99. The van der Waals surface area contributed by atoms with Gasteiger partial charge in [0.15, 0.2) is 11.4 Å². The third-order valence-electron chi connectivity index (χ3n) is 5.46. The van der Waals surface area contributed by atoms with Gasteiger partial charge in [-0.2, -0.15) is 0 Å². The number of fused-ring (bicyclic) bond motifs is 4. The van der Waals surface area contributed by atoms with Crippen LogP contribution in [-0.2, 0) is 6.54 Å². The molecule has 0 aliphatic carbocycles. The number of amides is 2. The maximum atomic E-state index is 14.1. The quantitative estimate of drug-likeness (QED) is 0.792. The average molecular weight is 421 g/mol. The van der Waals surface area contributed by atoms with E-state index in [1.807, 2.05) is 0 Å². The molecule has 30 heavy (non-hydrogen) atoms. The minimum Gasteiger partial charge on any atom is -0.503 e. The van der Waals surface area contributed by atoms with E-state index >= 15 is 0 Å². The molecule has 2 N–H and O–H groups in total. The number of benzene rings is 1. The Balaban J connectivity index is 1.67. The van der Waals surface area contributed by atoms with Crippen LogP contribution in [0.2, 0.25) is 0 Å². The van der Waals surface area contributed by atoms with Gasteiger partial charge in [-0.15, -0.1) is 0 Å². The van der Waals surface area contributed by atoms with E-state index in [0.717, 1.165) is 18.3 Å². The van der Waals surface area contributed by atoms with Crippen LogP contribution >= 0.6 is 0 Å². The van der Waals surface area contributed by atoms with E-state index in [9.17, 15) is 32.7 Å². The van der Waals surface area contributed by atoms with Crippen molar-refractivity contribution in [2.75, 3.05) is 13.1 Å². The zero-order chi connectivity index (χ0) is 21.6. The summed E-state index contributed by atoms with van der Waals surface area (Å²) >= 11 is 0. The molecule has 2 aromatic rings. The number of hydrogen-bond acceptors (Lipinski definition) is 4. The lowest BCUT2D eigenvalue weighted by molar-refractivity contribution is 0.0677. The number of rotatable bonds is 3. The number of nitrogens with one attached hydrogen (secondary N) is 1. The number of aromatic hydroxyl groups is 1. The van der Waals surface area contributed by atoms with Crippen LogP contribution in [-0.4, -0.2) is 45.6 Å².